The fraction of sp³-hybridized carbons (Fsp3) is 0.588. The van der Waals surface area contributed by atoms with Gasteiger partial charge in [-0.2, -0.15) is 0 Å². The summed E-state index contributed by atoms with van der Waals surface area (Å²) in [6.07, 6.45) is 16.2. The van der Waals surface area contributed by atoms with Crippen LogP contribution in [-0.4, -0.2) is 12.9 Å². The average molecular weight is 241 g/mol. The molecule has 0 unspecified atom stereocenters. The summed E-state index contributed by atoms with van der Waals surface area (Å²) in [7, 11) is 1.74. The first-order valence-electron chi connectivity index (χ1n) is 7.34. The van der Waals surface area contributed by atoms with E-state index in [-0.39, 0.29) is 0 Å². The van der Waals surface area contributed by atoms with Crippen LogP contribution >= 0.6 is 0 Å². The zero-order chi connectivity index (χ0) is 12.1. The summed E-state index contributed by atoms with van der Waals surface area (Å²) in [5, 5.41) is 0. The van der Waals surface area contributed by atoms with Crippen LogP contribution in [0.15, 0.2) is 35.5 Å². The second-order valence-corrected chi connectivity index (χ2v) is 6.49. The molecule has 0 aromatic heterocycles. The molecule has 0 atom stereocenters. The van der Waals surface area contributed by atoms with Gasteiger partial charge in [-0.25, -0.2) is 0 Å². The van der Waals surface area contributed by atoms with Crippen LogP contribution in [0.25, 0.3) is 0 Å². The Labute approximate surface area is 109 Å². The molecule has 1 heteroatoms. The molecule has 0 radical (unpaired) electrons. The smallest absolute Gasteiger partial charge is 0.258 e. The Bertz CT molecular complexity index is 442. The van der Waals surface area contributed by atoms with Gasteiger partial charge in [0.2, 0.25) is 0 Å². The van der Waals surface area contributed by atoms with Crippen molar-refractivity contribution in [1.82, 2.24) is 0 Å². The maximum absolute atomic E-state index is 5.27. The van der Waals surface area contributed by atoms with Crippen molar-refractivity contribution in [2.45, 2.75) is 32.1 Å². The van der Waals surface area contributed by atoms with E-state index in [9.17, 15) is 0 Å². The molecule has 5 rings (SSSR count). The zero-order valence-electron chi connectivity index (χ0n) is 11.1. The van der Waals surface area contributed by atoms with Gasteiger partial charge in [0.25, 0.3) is 7.11 Å². The van der Waals surface area contributed by atoms with E-state index in [0.29, 0.717) is 0 Å². The number of carbonyl (C=O) groups excluding carboxylic acids is 1. The molecule has 0 aromatic rings. The second kappa shape index (κ2) is 3.94. The highest BCUT2D eigenvalue weighted by Gasteiger charge is 2.45. The predicted molar refractivity (Wildman–Crippen MR) is 73.3 cm³/mol. The van der Waals surface area contributed by atoms with E-state index in [1.807, 2.05) is 0 Å². The SMILES string of the molecule is C[O+]=C1C=CC(=C2C3CC4CC(C3)CC2C4)C=C1. The second-order valence-electron chi connectivity index (χ2n) is 6.49. The summed E-state index contributed by atoms with van der Waals surface area (Å²) in [6.45, 7) is 0. The summed E-state index contributed by atoms with van der Waals surface area (Å²) in [4.78, 5) is 0. The predicted octanol–water partition coefficient (Wildman–Crippen LogP) is 3.60. The molecular formula is C17H21O+. The van der Waals surface area contributed by atoms with Crippen molar-refractivity contribution >= 4 is 5.78 Å². The monoisotopic (exact) mass is 241 g/mol. The minimum atomic E-state index is 0.898. The van der Waals surface area contributed by atoms with Crippen LogP contribution in [0, 0.1) is 23.7 Å². The van der Waals surface area contributed by atoms with Gasteiger partial charge in [0, 0.05) is 12.2 Å². The average Bonchev–Trinajstić information content (AvgIpc) is 2.38. The molecule has 0 aliphatic heterocycles. The van der Waals surface area contributed by atoms with Gasteiger partial charge < -0.3 is 0 Å². The molecule has 1 nitrogen and oxygen atoms in total. The standard InChI is InChI=1S/C17H21O/c1-18-16-4-2-13(3-5-16)17-14-7-11-6-12(9-14)10-15(17)8-11/h2-5,11-12,14-15H,6-10H2,1H3/q+1. The Kier molecular flexibility index (Phi) is 2.36. The Hall–Kier alpha value is -1.11. The van der Waals surface area contributed by atoms with E-state index in [2.05, 4.69) is 24.3 Å². The molecule has 18 heavy (non-hydrogen) atoms. The Morgan fingerprint density at radius 1 is 0.833 bits per heavy atom. The largest absolute Gasteiger partial charge is 0.343 e. The zero-order valence-corrected chi connectivity index (χ0v) is 11.1. The fourth-order valence-corrected chi connectivity index (χ4v) is 4.95. The van der Waals surface area contributed by atoms with E-state index in [0.717, 1.165) is 29.5 Å². The molecular weight excluding hydrogens is 220 g/mol. The lowest BCUT2D eigenvalue weighted by Gasteiger charge is -2.52. The van der Waals surface area contributed by atoms with Crippen molar-refractivity contribution in [3.63, 3.8) is 0 Å². The van der Waals surface area contributed by atoms with E-state index in [1.165, 1.54) is 37.7 Å². The topological polar surface area (TPSA) is 11.3 Å². The third kappa shape index (κ3) is 1.56. The molecule has 0 amide bonds. The highest BCUT2D eigenvalue weighted by Crippen LogP contribution is 2.57. The first kappa shape index (κ1) is 10.8. The van der Waals surface area contributed by atoms with Gasteiger partial charge in [-0.1, -0.05) is 5.57 Å². The molecule has 5 aliphatic rings. The lowest BCUT2D eigenvalue weighted by molar-refractivity contribution is -0.417. The molecule has 4 fully saturated rings. The van der Waals surface area contributed by atoms with E-state index in [4.69, 9.17) is 4.42 Å². The van der Waals surface area contributed by atoms with Crippen molar-refractivity contribution in [1.29, 1.82) is 0 Å². The minimum absolute atomic E-state index is 0.898. The van der Waals surface area contributed by atoms with Crippen LogP contribution in [0.4, 0.5) is 0 Å². The third-order valence-corrected chi connectivity index (χ3v) is 5.44. The third-order valence-electron chi connectivity index (χ3n) is 5.44. The normalized spacial score (nSPS) is 40.8. The van der Waals surface area contributed by atoms with Crippen molar-refractivity contribution in [2.24, 2.45) is 23.7 Å². The van der Waals surface area contributed by atoms with Gasteiger partial charge in [0.05, 0.1) is 0 Å². The molecule has 5 aliphatic carbocycles. The Morgan fingerprint density at radius 2 is 1.39 bits per heavy atom. The number of hydrogen-bond donors (Lipinski definition) is 0. The highest BCUT2D eigenvalue weighted by molar-refractivity contribution is 6.01. The molecule has 0 spiro atoms. The van der Waals surface area contributed by atoms with E-state index < -0.39 is 0 Å². The van der Waals surface area contributed by atoms with Crippen molar-refractivity contribution < 1.29 is 4.42 Å². The van der Waals surface area contributed by atoms with Gasteiger partial charge in [-0.3, -0.25) is 4.42 Å². The molecule has 4 bridgehead atoms. The van der Waals surface area contributed by atoms with Crippen LogP contribution in [0.1, 0.15) is 32.1 Å². The summed E-state index contributed by atoms with van der Waals surface area (Å²) >= 11 is 0. The summed E-state index contributed by atoms with van der Waals surface area (Å²) in [5.74, 6) is 4.87. The van der Waals surface area contributed by atoms with Crippen LogP contribution in [-0.2, 0) is 4.42 Å². The number of hydrogen-bond acceptors (Lipinski definition) is 0. The molecule has 0 saturated heterocycles. The van der Waals surface area contributed by atoms with Gasteiger partial charge in [0.15, 0.2) is 0 Å². The van der Waals surface area contributed by atoms with Gasteiger partial charge in [-0.05, 0) is 73.5 Å². The van der Waals surface area contributed by atoms with Crippen molar-refractivity contribution in [3.8, 4) is 0 Å². The van der Waals surface area contributed by atoms with Crippen molar-refractivity contribution in [2.75, 3.05) is 7.11 Å². The van der Waals surface area contributed by atoms with Crippen LogP contribution < -0.4 is 0 Å². The lowest BCUT2D eigenvalue weighted by Crippen LogP contribution is -2.40. The van der Waals surface area contributed by atoms with E-state index >= 15 is 0 Å². The summed E-state index contributed by atoms with van der Waals surface area (Å²) in [5.41, 5.74) is 3.27. The fourth-order valence-electron chi connectivity index (χ4n) is 4.95. The Balaban J connectivity index is 1.71. The van der Waals surface area contributed by atoms with E-state index in [1.54, 1.807) is 12.7 Å². The summed E-state index contributed by atoms with van der Waals surface area (Å²) in [6, 6.07) is 0. The van der Waals surface area contributed by atoms with Gasteiger partial charge in [-0.15, -0.1) is 0 Å². The molecule has 0 aromatic carbocycles. The first-order chi connectivity index (χ1) is 8.83. The quantitative estimate of drug-likeness (QED) is 0.574. The summed E-state index contributed by atoms with van der Waals surface area (Å²) < 4.78 is 5.27. The number of ketones is 1. The molecule has 4 saturated carbocycles. The molecule has 94 valence electrons. The lowest BCUT2D eigenvalue weighted by atomic mass is 9.53. The first-order valence-corrected chi connectivity index (χ1v) is 7.34. The minimum Gasteiger partial charge on any atom is -0.258 e. The highest BCUT2D eigenvalue weighted by atomic mass is 16.4. The van der Waals surface area contributed by atoms with Crippen LogP contribution in [0.3, 0.4) is 0 Å². The molecule has 0 heterocycles. The number of allylic oxidation sites excluding steroid dienone is 6. The van der Waals surface area contributed by atoms with Gasteiger partial charge in [0.1, 0.15) is 0 Å². The van der Waals surface area contributed by atoms with Crippen LogP contribution in [0.2, 0.25) is 0 Å². The van der Waals surface area contributed by atoms with Gasteiger partial charge >= 0.3 is 5.78 Å². The van der Waals surface area contributed by atoms with Crippen molar-refractivity contribution in [3.05, 3.63) is 35.5 Å². The Morgan fingerprint density at radius 3 is 1.89 bits per heavy atom. The maximum atomic E-state index is 5.27. The molecule has 0 N–H and O–H groups in total. The number of rotatable bonds is 0. The van der Waals surface area contributed by atoms with Crippen LogP contribution in [0.5, 0.6) is 0 Å². The maximum Gasteiger partial charge on any atom is 0.343 e.